The number of nitrogens with zero attached hydrogens (tertiary/aromatic N) is 2. The number of rotatable bonds is 4. The van der Waals surface area contributed by atoms with E-state index in [0.717, 1.165) is 22.0 Å². The first-order valence-electron chi connectivity index (χ1n) is 8.59. The fourth-order valence-corrected chi connectivity index (χ4v) is 3.43. The summed E-state index contributed by atoms with van der Waals surface area (Å²) in [5.41, 5.74) is 2.75. The molecule has 0 radical (unpaired) electrons. The Bertz CT molecular complexity index is 1280. The van der Waals surface area contributed by atoms with Gasteiger partial charge in [-0.05, 0) is 42.1 Å². The van der Waals surface area contributed by atoms with Crippen LogP contribution in [0.2, 0.25) is 5.02 Å². The third-order valence-corrected chi connectivity index (χ3v) is 4.75. The molecule has 7 nitrogen and oxygen atoms in total. The van der Waals surface area contributed by atoms with E-state index in [0.29, 0.717) is 11.4 Å². The Morgan fingerprint density at radius 3 is 2.79 bits per heavy atom. The van der Waals surface area contributed by atoms with E-state index in [1.54, 1.807) is 19.1 Å². The summed E-state index contributed by atoms with van der Waals surface area (Å²) in [5, 5.41) is 5.36. The molecule has 3 heterocycles. The van der Waals surface area contributed by atoms with Gasteiger partial charge in [-0.15, -0.1) is 0 Å². The van der Waals surface area contributed by atoms with Gasteiger partial charge in [0.25, 0.3) is 0 Å². The second-order valence-electron chi connectivity index (χ2n) is 6.06. The topological polar surface area (TPSA) is 85.7 Å². The predicted octanol–water partition coefficient (Wildman–Crippen LogP) is 3.68. The van der Waals surface area contributed by atoms with Crippen molar-refractivity contribution in [3.05, 3.63) is 63.5 Å². The van der Waals surface area contributed by atoms with Gasteiger partial charge in [0.15, 0.2) is 5.69 Å². The summed E-state index contributed by atoms with van der Waals surface area (Å²) in [4.78, 5) is 26.5. The van der Waals surface area contributed by atoms with Crippen LogP contribution in [0, 0.1) is 0 Å². The highest BCUT2D eigenvalue weighted by Gasteiger charge is 2.23. The molecule has 3 aromatic heterocycles. The summed E-state index contributed by atoms with van der Waals surface area (Å²) in [5.74, 6) is -0.165. The molecule has 0 saturated heterocycles. The molecule has 0 fully saturated rings. The number of esters is 1. The van der Waals surface area contributed by atoms with E-state index in [1.165, 1.54) is 17.7 Å². The van der Waals surface area contributed by atoms with Gasteiger partial charge in [0, 0.05) is 23.2 Å². The van der Waals surface area contributed by atoms with Gasteiger partial charge in [0.1, 0.15) is 5.02 Å². The van der Waals surface area contributed by atoms with Gasteiger partial charge in [-0.3, -0.25) is 4.79 Å². The zero-order chi connectivity index (χ0) is 19.8. The normalized spacial score (nSPS) is 11.1. The second-order valence-corrected chi connectivity index (χ2v) is 6.44. The smallest absolute Gasteiger partial charge is 0.360 e. The Balaban J connectivity index is 1.98. The highest BCUT2D eigenvalue weighted by atomic mass is 35.5. The molecule has 0 spiro atoms. The number of carbonyl (C=O) groups excluding carboxylic acids is 1. The van der Waals surface area contributed by atoms with Crippen LogP contribution in [0.1, 0.15) is 17.4 Å². The van der Waals surface area contributed by atoms with E-state index >= 15 is 0 Å². The van der Waals surface area contributed by atoms with Gasteiger partial charge in [-0.1, -0.05) is 17.7 Å². The van der Waals surface area contributed by atoms with E-state index in [9.17, 15) is 9.59 Å². The van der Waals surface area contributed by atoms with Crippen molar-refractivity contribution in [1.29, 1.82) is 0 Å². The fourth-order valence-electron chi connectivity index (χ4n) is 3.13. The summed E-state index contributed by atoms with van der Waals surface area (Å²) in [6.45, 7) is 1.93. The minimum atomic E-state index is -0.597. The quantitative estimate of drug-likeness (QED) is 0.531. The van der Waals surface area contributed by atoms with Crippen molar-refractivity contribution in [2.24, 2.45) is 0 Å². The highest BCUT2D eigenvalue weighted by Crippen LogP contribution is 2.35. The SMILES string of the molecule is CCOC(=O)c1nn2c(OC)ccc(-c3ccc4[nH]c(=O)ccc4c3)c2c1Cl. The first kappa shape index (κ1) is 18.1. The first-order valence-corrected chi connectivity index (χ1v) is 8.97. The van der Waals surface area contributed by atoms with Gasteiger partial charge >= 0.3 is 5.97 Å². The molecule has 0 unspecified atom stereocenters. The summed E-state index contributed by atoms with van der Waals surface area (Å²) < 4.78 is 11.9. The number of fused-ring (bicyclic) bond motifs is 2. The number of benzene rings is 1. The third kappa shape index (κ3) is 2.90. The maximum atomic E-state index is 12.2. The van der Waals surface area contributed by atoms with Gasteiger partial charge in [-0.2, -0.15) is 9.61 Å². The molecular weight excluding hydrogens is 382 g/mol. The van der Waals surface area contributed by atoms with Crippen LogP contribution in [0.25, 0.3) is 27.5 Å². The standard InChI is InChI=1S/C20H16ClN3O4/c1-3-28-20(26)18-17(21)19-13(6-9-16(27-2)24(19)23-18)11-4-7-14-12(10-11)5-8-15(25)22-14/h4-10H,3H2,1-2H3,(H,22,25). The van der Waals surface area contributed by atoms with Crippen LogP contribution in [-0.4, -0.2) is 34.3 Å². The third-order valence-electron chi connectivity index (χ3n) is 4.40. The van der Waals surface area contributed by atoms with Crippen molar-refractivity contribution >= 4 is 34.0 Å². The van der Waals surface area contributed by atoms with Crippen molar-refractivity contribution < 1.29 is 14.3 Å². The van der Waals surface area contributed by atoms with Crippen molar-refractivity contribution in [2.45, 2.75) is 6.92 Å². The first-order chi connectivity index (χ1) is 13.5. The molecule has 8 heteroatoms. The Kier molecular flexibility index (Phi) is 4.52. The number of methoxy groups -OCH3 is 1. The largest absolute Gasteiger partial charge is 0.481 e. The van der Waals surface area contributed by atoms with Crippen molar-refractivity contribution in [2.75, 3.05) is 13.7 Å². The van der Waals surface area contributed by atoms with Crippen LogP contribution in [0.4, 0.5) is 0 Å². The van der Waals surface area contributed by atoms with Crippen LogP contribution in [-0.2, 0) is 4.74 Å². The van der Waals surface area contributed by atoms with E-state index in [2.05, 4.69) is 10.1 Å². The van der Waals surface area contributed by atoms with Crippen LogP contribution < -0.4 is 10.3 Å². The van der Waals surface area contributed by atoms with E-state index in [-0.39, 0.29) is 22.9 Å². The van der Waals surface area contributed by atoms with Crippen LogP contribution in [0.3, 0.4) is 0 Å². The summed E-state index contributed by atoms with van der Waals surface area (Å²) >= 11 is 6.52. The fraction of sp³-hybridized carbons (Fsp3) is 0.150. The summed E-state index contributed by atoms with van der Waals surface area (Å²) in [6.07, 6.45) is 0. The van der Waals surface area contributed by atoms with Gasteiger partial charge in [0.05, 0.1) is 19.2 Å². The van der Waals surface area contributed by atoms with Crippen molar-refractivity contribution in [3.8, 4) is 17.0 Å². The summed E-state index contributed by atoms with van der Waals surface area (Å²) in [7, 11) is 1.51. The minimum Gasteiger partial charge on any atom is -0.481 e. The minimum absolute atomic E-state index is 0.0272. The number of H-pyrrole nitrogens is 1. The maximum Gasteiger partial charge on any atom is 0.360 e. The van der Waals surface area contributed by atoms with Crippen molar-refractivity contribution in [3.63, 3.8) is 0 Å². The molecule has 4 rings (SSSR count). The van der Waals surface area contributed by atoms with Crippen LogP contribution in [0.15, 0.2) is 47.3 Å². The lowest BCUT2D eigenvalue weighted by Crippen LogP contribution is -2.06. The summed E-state index contributed by atoms with van der Waals surface area (Å²) in [6, 6.07) is 12.4. The molecule has 0 atom stereocenters. The van der Waals surface area contributed by atoms with Crippen LogP contribution in [0.5, 0.6) is 5.88 Å². The lowest BCUT2D eigenvalue weighted by Gasteiger charge is -2.09. The number of aromatic nitrogens is 3. The average Bonchev–Trinajstić information content (AvgIpc) is 3.05. The molecule has 0 aliphatic rings. The number of ether oxygens (including phenoxy) is 2. The molecule has 0 aliphatic carbocycles. The lowest BCUT2D eigenvalue weighted by molar-refractivity contribution is 0.0519. The van der Waals surface area contributed by atoms with E-state index in [1.807, 2.05) is 24.3 Å². The Morgan fingerprint density at radius 1 is 1.21 bits per heavy atom. The Labute approximate surface area is 164 Å². The monoisotopic (exact) mass is 397 g/mol. The number of carbonyl (C=O) groups is 1. The zero-order valence-corrected chi connectivity index (χ0v) is 15.9. The van der Waals surface area contributed by atoms with Crippen LogP contribution >= 0.6 is 11.6 Å². The molecule has 0 amide bonds. The van der Waals surface area contributed by atoms with Crippen molar-refractivity contribution in [1.82, 2.24) is 14.6 Å². The molecule has 142 valence electrons. The highest BCUT2D eigenvalue weighted by molar-refractivity contribution is 6.37. The van der Waals surface area contributed by atoms with Gasteiger partial charge in [0.2, 0.25) is 11.4 Å². The Morgan fingerprint density at radius 2 is 2.04 bits per heavy atom. The second kappa shape index (κ2) is 7.01. The lowest BCUT2D eigenvalue weighted by atomic mass is 10.0. The molecule has 0 aliphatic heterocycles. The number of aromatic amines is 1. The zero-order valence-electron chi connectivity index (χ0n) is 15.2. The molecule has 0 bridgehead atoms. The molecule has 1 N–H and O–H groups in total. The molecule has 4 aromatic rings. The number of pyridine rings is 2. The molecule has 28 heavy (non-hydrogen) atoms. The molecular formula is C20H16ClN3O4. The van der Waals surface area contributed by atoms with E-state index < -0.39 is 5.97 Å². The van der Waals surface area contributed by atoms with Gasteiger partial charge < -0.3 is 14.5 Å². The number of hydrogen-bond acceptors (Lipinski definition) is 5. The average molecular weight is 398 g/mol. The molecule has 0 saturated carbocycles. The maximum absolute atomic E-state index is 12.2. The number of nitrogens with one attached hydrogen (secondary N) is 1. The van der Waals surface area contributed by atoms with E-state index in [4.69, 9.17) is 21.1 Å². The number of hydrogen-bond donors (Lipinski definition) is 1. The predicted molar refractivity (Wildman–Crippen MR) is 106 cm³/mol. The Hall–Kier alpha value is -3.32. The van der Waals surface area contributed by atoms with Gasteiger partial charge in [-0.25, -0.2) is 4.79 Å². The molecule has 1 aromatic carbocycles. The number of halogens is 1.